The van der Waals surface area contributed by atoms with Gasteiger partial charge in [0.05, 0.1) is 0 Å². The normalized spacial score (nSPS) is 10.9. The molecule has 0 heterocycles. The summed E-state index contributed by atoms with van der Waals surface area (Å²) in [6.07, 6.45) is 0.598. The first-order valence-electron chi connectivity index (χ1n) is 4.66. The Hall–Kier alpha value is -0.900. The van der Waals surface area contributed by atoms with Gasteiger partial charge in [-0.1, -0.05) is 24.3 Å². The summed E-state index contributed by atoms with van der Waals surface area (Å²) in [5.74, 6) is 0. The van der Waals surface area contributed by atoms with Gasteiger partial charge >= 0.3 is 0 Å². The first-order valence-corrected chi connectivity index (χ1v) is 4.66. The molecule has 0 spiro atoms. The molecule has 0 saturated heterocycles. The molecule has 2 N–H and O–H groups in total. The summed E-state index contributed by atoms with van der Waals surface area (Å²) < 4.78 is 10.3. The fourth-order valence-electron chi connectivity index (χ4n) is 1.43. The first kappa shape index (κ1) is 11.2. The maximum absolute atomic E-state index is 5.49. The Bertz CT molecular complexity index is 272. The molecule has 0 unspecified atom stereocenters. The predicted octanol–water partition coefficient (Wildman–Crippen LogP) is 1.48. The van der Waals surface area contributed by atoms with Crippen molar-refractivity contribution in [2.45, 2.75) is 12.7 Å². The van der Waals surface area contributed by atoms with Crippen LogP contribution < -0.4 is 5.73 Å². The lowest BCUT2D eigenvalue weighted by molar-refractivity contribution is -0.106. The van der Waals surface area contributed by atoms with E-state index >= 15 is 0 Å². The third-order valence-corrected chi connectivity index (χ3v) is 2.08. The summed E-state index contributed by atoms with van der Waals surface area (Å²) in [7, 11) is 3.26. The highest BCUT2D eigenvalue weighted by molar-refractivity contribution is 5.24. The van der Waals surface area contributed by atoms with Crippen LogP contribution in [0.3, 0.4) is 0 Å². The second-order valence-corrected chi connectivity index (χ2v) is 3.09. The first-order chi connectivity index (χ1) is 6.81. The lowest BCUT2D eigenvalue weighted by Gasteiger charge is -2.14. The minimum atomic E-state index is -0.285. The van der Waals surface area contributed by atoms with E-state index in [1.165, 1.54) is 5.56 Å². The molecule has 3 nitrogen and oxygen atoms in total. The maximum atomic E-state index is 5.49. The molecular formula is C11H17NO2. The summed E-state index contributed by atoms with van der Waals surface area (Å²) in [4.78, 5) is 0. The smallest absolute Gasteiger partial charge is 0.183 e. The monoisotopic (exact) mass is 195 g/mol. The Kier molecular flexibility index (Phi) is 4.59. The van der Waals surface area contributed by atoms with Gasteiger partial charge in [0.15, 0.2) is 6.29 Å². The number of methoxy groups -OCH3 is 2. The van der Waals surface area contributed by atoms with Crippen LogP contribution in [-0.2, 0) is 15.9 Å². The van der Waals surface area contributed by atoms with Crippen LogP contribution in [-0.4, -0.2) is 20.8 Å². The zero-order valence-electron chi connectivity index (χ0n) is 8.69. The lowest BCUT2D eigenvalue weighted by atomic mass is 10.1. The highest BCUT2D eigenvalue weighted by atomic mass is 16.7. The second kappa shape index (κ2) is 5.75. The molecule has 1 aromatic rings. The zero-order valence-corrected chi connectivity index (χ0v) is 8.69. The fraction of sp³-hybridized carbons (Fsp3) is 0.455. The third kappa shape index (κ3) is 2.80. The van der Waals surface area contributed by atoms with Crippen LogP contribution in [0.2, 0.25) is 0 Å². The lowest BCUT2D eigenvalue weighted by Crippen LogP contribution is -2.06. The van der Waals surface area contributed by atoms with Crippen LogP contribution in [0.4, 0.5) is 0 Å². The molecule has 0 amide bonds. The van der Waals surface area contributed by atoms with Crippen molar-refractivity contribution in [3.63, 3.8) is 0 Å². The summed E-state index contributed by atoms with van der Waals surface area (Å²) >= 11 is 0. The van der Waals surface area contributed by atoms with Crippen molar-refractivity contribution in [1.29, 1.82) is 0 Å². The molecule has 1 rings (SSSR count). The van der Waals surface area contributed by atoms with Crippen molar-refractivity contribution >= 4 is 0 Å². The van der Waals surface area contributed by atoms with Crippen molar-refractivity contribution in [2.24, 2.45) is 5.73 Å². The number of ether oxygens (including phenoxy) is 2. The molecule has 0 aliphatic heterocycles. The van der Waals surface area contributed by atoms with Crippen LogP contribution in [0.5, 0.6) is 0 Å². The zero-order chi connectivity index (χ0) is 10.4. The highest BCUT2D eigenvalue weighted by Crippen LogP contribution is 2.18. The Labute approximate surface area is 84.8 Å². The number of rotatable bonds is 5. The second-order valence-electron chi connectivity index (χ2n) is 3.09. The molecule has 0 fully saturated rings. The van der Waals surface area contributed by atoms with E-state index in [0.717, 1.165) is 12.0 Å². The number of hydrogen-bond acceptors (Lipinski definition) is 3. The molecule has 0 bridgehead atoms. The summed E-state index contributed by atoms with van der Waals surface area (Å²) in [6.45, 7) is 0.661. The number of hydrogen-bond donors (Lipinski definition) is 1. The van der Waals surface area contributed by atoms with E-state index in [0.29, 0.717) is 6.54 Å². The highest BCUT2D eigenvalue weighted by Gasteiger charge is 2.08. The minimum absolute atomic E-state index is 0.285. The van der Waals surface area contributed by atoms with Crippen LogP contribution >= 0.6 is 0 Å². The molecule has 0 atom stereocenters. The van der Waals surface area contributed by atoms with E-state index in [2.05, 4.69) is 12.1 Å². The van der Waals surface area contributed by atoms with Crippen LogP contribution in [0.15, 0.2) is 24.3 Å². The molecule has 78 valence electrons. The summed E-state index contributed by atoms with van der Waals surface area (Å²) in [6, 6.07) is 8.09. The Morgan fingerprint density at radius 2 is 2.00 bits per heavy atom. The topological polar surface area (TPSA) is 44.5 Å². The van der Waals surface area contributed by atoms with Crippen molar-refractivity contribution in [1.82, 2.24) is 0 Å². The van der Waals surface area contributed by atoms with Gasteiger partial charge in [0, 0.05) is 19.8 Å². The molecule has 0 saturated carbocycles. The largest absolute Gasteiger partial charge is 0.352 e. The Morgan fingerprint density at radius 1 is 1.29 bits per heavy atom. The van der Waals surface area contributed by atoms with Gasteiger partial charge in [0.1, 0.15) is 0 Å². The van der Waals surface area contributed by atoms with Crippen molar-refractivity contribution in [3.05, 3.63) is 35.4 Å². The van der Waals surface area contributed by atoms with Gasteiger partial charge in [0.2, 0.25) is 0 Å². The van der Waals surface area contributed by atoms with Gasteiger partial charge < -0.3 is 15.2 Å². The van der Waals surface area contributed by atoms with Gasteiger partial charge in [-0.05, 0) is 18.5 Å². The van der Waals surface area contributed by atoms with Crippen LogP contribution in [0.1, 0.15) is 17.4 Å². The van der Waals surface area contributed by atoms with E-state index in [1.54, 1.807) is 14.2 Å². The van der Waals surface area contributed by atoms with E-state index in [4.69, 9.17) is 15.2 Å². The third-order valence-electron chi connectivity index (χ3n) is 2.08. The van der Waals surface area contributed by atoms with Gasteiger partial charge in [-0.2, -0.15) is 0 Å². The summed E-state index contributed by atoms with van der Waals surface area (Å²) in [5.41, 5.74) is 7.73. The van der Waals surface area contributed by atoms with Gasteiger partial charge in [0.25, 0.3) is 0 Å². The fourth-order valence-corrected chi connectivity index (χ4v) is 1.43. The van der Waals surface area contributed by atoms with E-state index in [9.17, 15) is 0 Å². The molecule has 3 heteroatoms. The molecule has 0 aliphatic rings. The van der Waals surface area contributed by atoms with Crippen molar-refractivity contribution in [2.75, 3.05) is 20.8 Å². The average molecular weight is 195 g/mol. The Morgan fingerprint density at radius 3 is 2.57 bits per heavy atom. The van der Waals surface area contributed by atoms with E-state index in [-0.39, 0.29) is 6.29 Å². The minimum Gasteiger partial charge on any atom is -0.352 e. The maximum Gasteiger partial charge on any atom is 0.183 e. The number of benzene rings is 1. The number of nitrogens with two attached hydrogens (primary N) is 1. The Balaban J connectivity index is 2.81. The van der Waals surface area contributed by atoms with Crippen LogP contribution in [0.25, 0.3) is 0 Å². The molecule has 0 radical (unpaired) electrons. The van der Waals surface area contributed by atoms with Crippen LogP contribution in [0, 0.1) is 0 Å². The predicted molar refractivity (Wildman–Crippen MR) is 56.0 cm³/mol. The van der Waals surface area contributed by atoms with Crippen molar-refractivity contribution < 1.29 is 9.47 Å². The molecular weight excluding hydrogens is 178 g/mol. The summed E-state index contributed by atoms with van der Waals surface area (Å²) in [5, 5.41) is 0. The molecule has 14 heavy (non-hydrogen) atoms. The van der Waals surface area contributed by atoms with Gasteiger partial charge in [-0.25, -0.2) is 0 Å². The molecule has 1 aromatic carbocycles. The quantitative estimate of drug-likeness (QED) is 0.724. The molecule has 0 aliphatic carbocycles. The van der Waals surface area contributed by atoms with Gasteiger partial charge in [-0.15, -0.1) is 0 Å². The van der Waals surface area contributed by atoms with Gasteiger partial charge in [-0.3, -0.25) is 0 Å². The SMILES string of the molecule is COC(OC)c1cccc(CCN)c1. The standard InChI is InChI=1S/C11H17NO2/c1-13-11(14-2)10-5-3-4-9(8-10)6-7-12/h3-5,8,11H,6-7,12H2,1-2H3. The average Bonchev–Trinajstić information content (AvgIpc) is 2.21. The van der Waals surface area contributed by atoms with E-state index < -0.39 is 0 Å². The van der Waals surface area contributed by atoms with E-state index in [1.807, 2.05) is 12.1 Å². The molecule has 0 aromatic heterocycles. The van der Waals surface area contributed by atoms with Crippen molar-refractivity contribution in [3.8, 4) is 0 Å².